The van der Waals surface area contributed by atoms with Crippen LogP contribution in [0, 0.1) is 11.3 Å². The fourth-order valence-corrected chi connectivity index (χ4v) is 3.88. The number of aromatic nitrogens is 2. The van der Waals surface area contributed by atoms with Gasteiger partial charge in [-0.15, -0.1) is 0 Å². The number of hydrogen-bond acceptors (Lipinski definition) is 7. The topological polar surface area (TPSA) is 103 Å². The van der Waals surface area contributed by atoms with Crippen LogP contribution in [-0.2, 0) is 9.53 Å². The van der Waals surface area contributed by atoms with E-state index in [-0.39, 0.29) is 22.8 Å². The number of hydrogen-bond donors (Lipinski definition) is 1. The molecule has 1 atom stereocenters. The Kier molecular flexibility index (Phi) is 6.30. The Morgan fingerprint density at radius 1 is 1.35 bits per heavy atom. The number of nitrogens with zero attached hydrogens (tertiary/aromatic N) is 5. The zero-order chi connectivity index (χ0) is 21.8. The summed E-state index contributed by atoms with van der Waals surface area (Å²) in [6, 6.07) is 7.29. The molecule has 0 aliphatic carbocycles. The Hall–Kier alpha value is -3.22. The lowest BCUT2D eigenvalue weighted by Crippen LogP contribution is -2.45. The SMILES string of the molecule is CN1CCN(c2nc3ccccn3c(=O)c2/C=C(\C#N)C(=O)NCC2CCCO2)CC1. The minimum absolute atomic E-state index is 0.0299. The van der Waals surface area contributed by atoms with E-state index in [9.17, 15) is 14.9 Å². The van der Waals surface area contributed by atoms with E-state index in [1.165, 1.54) is 10.5 Å². The number of rotatable bonds is 5. The van der Waals surface area contributed by atoms with Crippen molar-refractivity contribution >= 4 is 23.4 Å². The first-order valence-corrected chi connectivity index (χ1v) is 10.5. The van der Waals surface area contributed by atoms with Gasteiger partial charge >= 0.3 is 0 Å². The molecule has 2 aliphatic rings. The van der Waals surface area contributed by atoms with Crippen molar-refractivity contribution < 1.29 is 9.53 Å². The summed E-state index contributed by atoms with van der Waals surface area (Å²) in [6.07, 6.45) is 4.83. The summed E-state index contributed by atoms with van der Waals surface area (Å²) in [5, 5.41) is 12.4. The van der Waals surface area contributed by atoms with Crippen molar-refractivity contribution in [1.82, 2.24) is 19.6 Å². The van der Waals surface area contributed by atoms with Gasteiger partial charge in [0.05, 0.1) is 11.7 Å². The quantitative estimate of drug-likeness (QED) is 0.557. The van der Waals surface area contributed by atoms with Crippen molar-refractivity contribution in [3.8, 4) is 6.07 Å². The van der Waals surface area contributed by atoms with Gasteiger partial charge in [0, 0.05) is 45.5 Å². The molecule has 0 spiro atoms. The van der Waals surface area contributed by atoms with E-state index in [1.807, 2.05) is 24.1 Å². The van der Waals surface area contributed by atoms with Crippen molar-refractivity contribution in [3.05, 3.63) is 45.9 Å². The number of amides is 1. The molecule has 162 valence electrons. The molecule has 0 aromatic carbocycles. The van der Waals surface area contributed by atoms with Crippen molar-refractivity contribution in [2.75, 3.05) is 51.3 Å². The molecule has 0 saturated carbocycles. The highest BCUT2D eigenvalue weighted by Gasteiger charge is 2.23. The molecule has 2 saturated heterocycles. The van der Waals surface area contributed by atoms with E-state index in [1.54, 1.807) is 18.3 Å². The third-order valence-electron chi connectivity index (χ3n) is 5.72. The minimum atomic E-state index is -0.514. The van der Waals surface area contributed by atoms with Crippen LogP contribution in [-0.4, -0.2) is 72.7 Å². The number of nitrogens with one attached hydrogen (secondary N) is 1. The third-order valence-corrected chi connectivity index (χ3v) is 5.72. The van der Waals surface area contributed by atoms with Gasteiger partial charge in [-0.3, -0.25) is 14.0 Å². The number of nitriles is 1. The van der Waals surface area contributed by atoms with E-state index in [2.05, 4.69) is 10.2 Å². The van der Waals surface area contributed by atoms with Crippen molar-refractivity contribution in [2.24, 2.45) is 0 Å². The van der Waals surface area contributed by atoms with Gasteiger partial charge in [-0.2, -0.15) is 5.26 Å². The number of pyridine rings is 1. The normalized spacial score (nSPS) is 20.1. The molecular weight excluding hydrogens is 396 g/mol. The van der Waals surface area contributed by atoms with Crippen LogP contribution < -0.4 is 15.8 Å². The Balaban J connectivity index is 1.70. The Bertz CT molecular complexity index is 1090. The molecule has 0 bridgehead atoms. The fraction of sp³-hybridized carbons (Fsp3) is 0.455. The van der Waals surface area contributed by atoms with E-state index < -0.39 is 5.91 Å². The first-order chi connectivity index (χ1) is 15.1. The second kappa shape index (κ2) is 9.29. The van der Waals surface area contributed by atoms with Gasteiger partial charge < -0.3 is 19.9 Å². The van der Waals surface area contributed by atoms with E-state index in [4.69, 9.17) is 9.72 Å². The Morgan fingerprint density at radius 2 is 2.16 bits per heavy atom. The van der Waals surface area contributed by atoms with Gasteiger partial charge in [0.2, 0.25) is 0 Å². The highest BCUT2D eigenvalue weighted by molar-refractivity contribution is 6.02. The first kappa shape index (κ1) is 21.0. The van der Waals surface area contributed by atoms with Crippen LogP contribution in [0.3, 0.4) is 0 Å². The number of anilines is 1. The van der Waals surface area contributed by atoms with Crippen LogP contribution in [0.25, 0.3) is 11.7 Å². The zero-order valence-electron chi connectivity index (χ0n) is 17.6. The van der Waals surface area contributed by atoms with Gasteiger partial charge in [0.25, 0.3) is 11.5 Å². The molecule has 1 N–H and O–H groups in total. The van der Waals surface area contributed by atoms with Gasteiger partial charge in [-0.25, -0.2) is 4.98 Å². The number of carbonyl (C=O) groups excluding carboxylic acids is 1. The van der Waals surface area contributed by atoms with E-state index in [0.29, 0.717) is 37.7 Å². The molecule has 2 fully saturated rings. The predicted octanol–water partition coefficient (Wildman–Crippen LogP) is 0.648. The van der Waals surface area contributed by atoms with Gasteiger partial charge in [-0.1, -0.05) is 6.07 Å². The predicted molar refractivity (Wildman–Crippen MR) is 117 cm³/mol. The van der Waals surface area contributed by atoms with E-state index in [0.717, 1.165) is 25.9 Å². The molecule has 31 heavy (non-hydrogen) atoms. The second-order valence-electron chi connectivity index (χ2n) is 7.89. The largest absolute Gasteiger partial charge is 0.376 e. The third kappa shape index (κ3) is 4.60. The highest BCUT2D eigenvalue weighted by Crippen LogP contribution is 2.20. The maximum Gasteiger partial charge on any atom is 0.267 e. The molecule has 2 aromatic heterocycles. The number of carbonyl (C=O) groups is 1. The van der Waals surface area contributed by atoms with Crippen LogP contribution in [0.4, 0.5) is 5.82 Å². The summed E-state index contributed by atoms with van der Waals surface area (Å²) in [4.78, 5) is 34.9. The Labute approximate surface area is 180 Å². The molecule has 0 radical (unpaired) electrons. The number of ether oxygens (including phenoxy) is 1. The average Bonchev–Trinajstić information content (AvgIpc) is 3.31. The molecule has 1 unspecified atom stereocenters. The summed E-state index contributed by atoms with van der Waals surface area (Å²) in [7, 11) is 2.05. The standard InChI is InChI=1S/C22H26N6O3/c1-26-8-10-27(11-9-26)20-18(22(30)28-7-3-2-6-19(28)25-20)13-16(14-23)21(29)24-15-17-5-4-12-31-17/h2-3,6-7,13,17H,4-5,8-12,15H2,1H3,(H,24,29)/b16-13+. The van der Waals surface area contributed by atoms with Gasteiger partial charge in [0.15, 0.2) is 0 Å². The van der Waals surface area contributed by atoms with Crippen molar-refractivity contribution in [2.45, 2.75) is 18.9 Å². The van der Waals surface area contributed by atoms with Crippen LogP contribution in [0.5, 0.6) is 0 Å². The monoisotopic (exact) mass is 422 g/mol. The van der Waals surface area contributed by atoms with Crippen LogP contribution in [0.1, 0.15) is 18.4 Å². The summed E-state index contributed by atoms with van der Waals surface area (Å²) < 4.78 is 6.95. The minimum Gasteiger partial charge on any atom is -0.376 e. The van der Waals surface area contributed by atoms with Crippen LogP contribution >= 0.6 is 0 Å². The molecule has 1 amide bonds. The lowest BCUT2D eigenvalue weighted by molar-refractivity contribution is -0.117. The smallest absolute Gasteiger partial charge is 0.267 e. The summed E-state index contributed by atoms with van der Waals surface area (Å²) in [5.41, 5.74) is 0.347. The van der Waals surface area contributed by atoms with Crippen LogP contribution in [0.15, 0.2) is 34.8 Å². The second-order valence-corrected chi connectivity index (χ2v) is 7.89. The Morgan fingerprint density at radius 3 is 2.87 bits per heavy atom. The number of likely N-dealkylation sites (N-methyl/N-ethyl adjacent to an activating group) is 1. The zero-order valence-corrected chi connectivity index (χ0v) is 17.6. The maximum absolute atomic E-state index is 13.3. The molecule has 9 heteroatoms. The van der Waals surface area contributed by atoms with E-state index >= 15 is 0 Å². The summed E-state index contributed by atoms with van der Waals surface area (Å²) in [5.74, 6) is -0.0103. The lowest BCUT2D eigenvalue weighted by Gasteiger charge is -2.34. The summed E-state index contributed by atoms with van der Waals surface area (Å²) >= 11 is 0. The van der Waals surface area contributed by atoms with Crippen molar-refractivity contribution in [3.63, 3.8) is 0 Å². The first-order valence-electron chi connectivity index (χ1n) is 10.5. The summed E-state index contributed by atoms with van der Waals surface area (Å²) in [6.45, 7) is 4.13. The van der Waals surface area contributed by atoms with Crippen LogP contribution in [0.2, 0.25) is 0 Å². The van der Waals surface area contributed by atoms with Gasteiger partial charge in [0.1, 0.15) is 23.1 Å². The molecule has 4 rings (SSSR count). The molecule has 4 heterocycles. The average molecular weight is 422 g/mol. The molecule has 2 aliphatic heterocycles. The lowest BCUT2D eigenvalue weighted by atomic mass is 10.1. The van der Waals surface area contributed by atoms with Gasteiger partial charge in [-0.05, 0) is 38.1 Å². The maximum atomic E-state index is 13.3. The highest BCUT2D eigenvalue weighted by atomic mass is 16.5. The van der Waals surface area contributed by atoms with Crippen molar-refractivity contribution in [1.29, 1.82) is 5.26 Å². The number of fused-ring (bicyclic) bond motifs is 1. The molecule has 9 nitrogen and oxygen atoms in total. The molecular formula is C22H26N6O3. The number of piperazine rings is 1. The molecule has 2 aromatic rings. The fourth-order valence-electron chi connectivity index (χ4n) is 3.88.